The molecule has 0 aromatic heterocycles. The normalized spacial score (nSPS) is 11.7. The average molecular weight is 392 g/mol. The summed E-state index contributed by atoms with van der Waals surface area (Å²) in [5, 5.41) is 33.7. The first-order valence-corrected chi connectivity index (χ1v) is 8.65. The smallest absolute Gasteiger partial charge is 0.414 e. The fraction of sp³-hybridized carbons (Fsp3) is 0.300. The Labute approximate surface area is 164 Å². The molecule has 0 aliphatic heterocycles. The minimum Gasteiger partial charge on any atom is -0.473 e. The van der Waals surface area contributed by atoms with E-state index in [-0.39, 0.29) is 0 Å². The molecule has 0 bridgehead atoms. The van der Waals surface area contributed by atoms with Gasteiger partial charge in [0.2, 0.25) is 0 Å². The molecule has 0 amide bonds. The van der Waals surface area contributed by atoms with Crippen molar-refractivity contribution in [2.75, 3.05) is 13.1 Å². The number of carboxylic acid groups (broad SMARTS) is 2. The minimum atomic E-state index is -1.82. The number of aliphatic hydroxyl groups excluding tert-OH is 2. The van der Waals surface area contributed by atoms with Crippen LogP contribution in [-0.4, -0.2) is 45.5 Å². The fourth-order valence-electron chi connectivity index (χ4n) is 2.00. The number of aliphatic hydroxyl groups is 2. The Balaban J connectivity index is 0.000000411. The molecule has 2 aromatic carbocycles. The van der Waals surface area contributed by atoms with Crippen LogP contribution < -0.4 is 11.5 Å². The third-order valence-corrected chi connectivity index (χ3v) is 3.43. The molecule has 2 rings (SSSR count). The molecule has 2 aromatic rings. The first kappa shape index (κ1) is 25.2. The number of benzene rings is 2. The summed E-state index contributed by atoms with van der Waals surface area (Å²) in [4.78, 5) is 18.2. The van der Waals surface area contributed by atoms with Crippen molar-refractivity contribution in [3.63, 3.8) is 0 Å². The molecule has 8 N–H and O–H groups in total. The van der Waals surface area contributed by atoms with Gasteiger partial charge in [-0.05, 0) is 37.1 Å². The second kappa shape index (κ2) is 15.3. The van der Waals surface area contributed by atoms with Crippen molar-refractivity contribution in [1.82, 2.24) is 0 Å². The molecule has 28 heavy (non-hydrogen) atoms. The van der Waals surface area contributed by atoms with E-state index >= 15 is 0 Å². The highest BCUT2D eigenvalue weighted by molar-refractivity contribution is 6.27. The van der Waals surface area contributed by atoms with Crippen LogP contribution >= 0.6 is 0 Å². The number of nitrogens with two attached hydrogens (primary N) is 2. The van der Waals surface area contributed by atoms with Crippen LogP contribution in [0.2, 0.25) is 0 Å². The Hall–Kier alpha value is -2.78. The Bertz CT molecular complexity index is 607. The summed E-state index contributed by atoms with van der Waals surface area (Å²) in [6.07, 6.45) is 0.455. The summed E-state index contributed by atoms with van der Waals surface area (Å²) >= 11 is 0. The van der Waals surface area contributed by atoms with E-state index in [1.807, 2.05) is 60.7 Å². The number of aliphatic carboxylic acids is 2. The van der Waals surface area contributed by atoms with Crippen LogP contribution in [0.25, 0.3) is 0 Å². The summed E-state index contributed by atoms with van der Waals surface area (Å²) < 4.78 is 0. The van der Waals surface area contributed by atoms with Gasteiger partial charge in [-0.3, -0.25) is 0 Å². The number of hydrogen-bond acceptors (Lipinski definition) is 6. The number of carbonyl (C=O) groups is 2. The Morgan fingerprint density at radius 1 is 0.679 bits per heavy atom. The van der Waals surface area contributed by atoms with E-state index < -0.39 is 24.1 Å². The topological polar surface area (TPSA) is 167 Å². The SMILES string of the molecule is NCCC(O)c1ccccc1.NCCC(O)c1ccccc1.O=C(O)C(=O)O. The lowest BCUT2D eigenvalue weighted by Gasteiger charge is -2.07. The van der Waals surface area contributed by atoms with E-state index in [0.29, 0.717) is 25.9 Å². The quantitative estimate of drug-likeness (QED) is 0.400. The first-order chi connectivity index (χ1) is 13.3. The lowest BCUT2D eigenvalue weighted by molar-refractivity contribution is -0.159. The van der Waals surface area contributed by atoms with Crippen LogP contribution in [0.15, 0.2) is 60.7 Å². The largest absolute Gasteiger partial charge is 0.473 e. The summed E-state index contributed by atoms with van der Waals surface area (Å²) in [7, 11) is 0. The van der Waals surface area contributed by atoms with Crippen molar-refractivity contribution in [3.05, 3.63) is 71.8 Å². The molecule has 0 fully saturated rings. The molecule has 0 spiro atoms. The highest BCUT2D eigenvalue weighted by Crippen LogP contribution is 2.14. The summed E-state index contributed by atoms with van der Waals surface area (Å²) in [5.41, 5.74) is 12.5. The third kappa shape index (κ3) is 11.8. The summed E-state index contributed by atoms with van der Waals surface area (Å²) in [6.45, 7) is 1.05. The Kier molecular flexibility index (Phi) is 13.8. The van der Waals surface area contributed by atoms with Crippen LogP contribution in [0, 0.1) is 0 Å². The lowest BCUT2D eigenvalue weighted by atomic mass is 10.1. The van der Waals surface area contributed by atoms with Gasteiger partial charge in [-0.25, -0.2) is 9.59 Å². The zero-order valence-electron chi connectivity index (χ0n) is 15.5. The highest BCUT2D eigenvalue weighted by atomic mass is 16.4. The van der Waals surface area contributed by atoms with Gasteiger partial charge in [0.15, 0.2) is 0 Å². The van der Waals surface area contributed by atoms with Gasteiger partial charge in [-0.1, -0.05) is 60.7 Å². The molecular weight excluding hydrogens is 364 g/mol. The van der Waals surface area contributed by atoms with Gasteiger partial charge in [0.05, 0.1) is 12.2 Å². The van der Waals surface area contributed by atoms with Crippen LogP contribution in [0.1, 0.15) is 36.2 Å². The average Bonchev–Trinajstić information content (AvgIpc) is 2.70. The third-order valence-electron chi connectivity index (χ3n) is 3.43. The number of rotatable bonds is 6. The van der Waals surface area contributed by atoms with Crippen molar-refractivity contribution < 1.29 is 30.0 Å². The molecule has 2 unspecified atom stereocenters. The van der Waals surface area contributed by atoms with Crippen LogP contribution in [0.5, 0.6) is 0 Å². The molecule has 0 aliphatic rings. The highest BCUT2D eigenvalue weighted by Gasteiger charge is 2.05. The van der Waals surface area contributed by atoms with Gasteiger partial charge in [0, 0.05) is 0 Å². The maximum Gasteiger partial charge on any atom is 0.414 e. The molecule has 8 nitrogen and oxygen atoms in total. The first-order valence-electron chi connectivity index (χ1n) is 8.65. The van der Waals surface area contributed by atoms with Gasteiger partial charge in [-0.2, -0.15) is 0 Å². The molecule has 8 heteroatoms. The second-order valence-electron chi connectivity index (χ2n) is 5.62. The van der Waals surface area contributed by atoms with Crippen molar-refractivity contribution in [2.24, 2.45) is 11.5 Å². The van der Waals surface area contributed by atoms with Gasteiger partial charge < -0.3 is 31.9 Å². The summed E-state index contributed by atoms with van der Waals surface area (Å²) in [5.74, 6) is -3.65. The van der Waals surface area contributed by atoms with E-state index in [1.54, 1.807) is 0 Å². The molecule has 0 heterocycles. The maximum absolute atomic E-state index is 9.44. The molecular formula is C20H28N2O6. The van der Waals surface area contributed by atoms with Gasteiger partial charge >= 0.3 is 11.9 Å². The second-order valence-corrected chi connectivity index (χ2v) is 5.62. The van der Waals surface area contributed by atoms with Crippen LogP contribution in [0.4, 0.5) is 0 Å². The zero-order valence-corrected chi connectivity index (χ0v) is 15.5. The van der Waals surface area contributed by atoms with Crippen molar-refractivity contribution in [1.29, 1.82) is 0 Å². The van der Waals surface area contributed by atoms with Gasteiger partial charge in [-0.15, -0.1) is 0 Å². The Morgan fingerprint density at radius 3 is 1.18 bits per heavy atom. The van der Waals surface area contributed by atoms with Gasteiger partial charge in [0.25, 0.3) is 0 Å². The van der Waals surface area contributed by atoms with Crippen molar-refractivity contribution in [2.45, 2.75) is 25.0 Å². The predicted molar refractivity (Wildman–Crippen MR) is 105 cm³/mol. The van der Waals surface area contributed by atoms with E-state index in [1.165, 1.54) is 0 Å². The van der Waals surface area contributed by atoms with Crippen LogP contribution in [-0.2, 0) is 9.59 Å². The van der Waals surface area contributed by atoms with Crippen molar-refractivity contribution in [3.8, 4) is 0 Å². The van der Waals surface area contributed by atoms with E-state index in [4.69, 9.17) is 31.3 Å². The maximum atomic E-state index is 9.44. The predicted octanol–water partition coefficient (Wildman–Crippen LogP) is 1.29. The Morgan fingerprint density at radius 2 is 0.964 bits per heavy atom. The standard InChI is InChI=1S/2C9H13NO.C2H2O4/c2*10-7-6-9(11)8-4-2-1-3-5-8;3-1(4)2(5)6/h2*1-5,9,11H,6-7,10H2;(H,3,4)(H,5,6). The lowest BCUT2D eigenvalue weighted by Crippen LogP contribution is -2.09. The zero-order chi connectivity index (χ0) is 21.4. The number of hydrogen-bond donors (Lipinski definition) is 6. The molecule has 154 valence electrons. The fourth-order valence-corrected chi connectivity index (χ4v) is 2.00. The van der Waals surface area contributed by atoms with Gasteiger partial charge in [0.1, 0.15) is 0 Å². The van der Waals surface area contributed by atoms with Crippen LogP contribution in [0.3, 0.4) is 0 Å². The molecule has 0 radical (unpaired) electrons. The van der Waals surface area contributed by atoms with E-state index in [9.17, 15) is 10.2 Å². The summed E-state index contributed by atoms with van der Waals surface area (Å²) in [6, 6.07) is 19.1. The molecule has 0 saturated heterocycles. The molecule has 0 aliphatic carbocycles. The van der Waals surface area contributed by atoms with E-state index in [0.717, 1.165) is 11.1 Å². The minimum absolute atomic E-state index is 0.402. The molecule has 0 saturated carbocycles. The van der Waals surface area contributed by atoms with Crippen molar-refractivity contribution >= 4 is 11.9 Å². The van der Waals surface area contributed by atoms with E-state index in [2.05, 4.69) is 0 Å². The monoisotopic (exact) mass is 392 g/mol. The number of carboxylic acids is 2. The molecule has 2 atom stereocenters.